The Bertz CT molecular complexity index is 692. The number of ether oxygens (including phenoxy) is 1. The highest BCUT2D eigenvalue weighted by molar-refractivity contribution is 5.68. The van der Waals surface area contributed by atoms with E-state index < -0.39 is 5.60 Å². The first-order valence-electron chi connectivity index (χ1n) is 14.2. The highest BCUT2D eigenvalue weighted by Gasteiger charge is 2.30. The van der Waals surface area contributed by atoms with Crippen LogP contribution in [0.3, 0.4) is 0 Å². The number of benzene rings is 1. The molecule has 1 aromatic carbocycles. The first-order valence-corrected chi connectivity index (χ1v) is 14.2. The van der Waals surface area contributed by atoms with Gasteiger partial charge in [-0.3, -0.25) is 0 Å². The first-order chi connectivity index (χ1) is 17.8. The van der Waals surface area contributed by atoms with E-state index in [1.807, 2.05) is 104 Å². The molecule has 2 aliphatic rings. The molecular formula is C32H55N3O2. The normalized spacial score (nSPS) is 19.4. The minimum Gasteiger partial charge on any atom is -0.444 e. The van der Waals surface area contributed by atoms with E-state index in [0.29, 0.717) is 6.04 Å². The molecule has 0 atom stereocenters. The molecule has 1 saturated heterocycles. The number of nitrogens with one attached hydrogen (secondary N) is 1. The van der Waals surface area contributed by atoms with Crippen molar-refractivity contribution in [3.63, 3.8) is 0 Å². The van der Waals surface area contributed by atoms with Crippen LogP contribution in [0.2, 0.25) is 0 Å². The average Bonchev–Trinajstić information content (AvgIpc) is 2.92. The van der Waals surface area contributed by atoms with Crippen molar-refractivity contribution < 1.29 is 9.53 Å². The van der Waals surface area contributed by atoms with E-state index in [-0.39, 0.29) is 18.1 Å². The summed E-state index contributed by atoms with van der Waals surface area (Å²) >= 11 is 0. The first kappa shape index (κ1) is 36.6. The second kappa shape index (κ2) is 23.8. The van der Waals surface area contributed by atoms with Crippen LogP contribution in [0.15, 0.2) is 61.2 Å². The molecule has 1 heterocycles. The van der Waals surface area contributed by atoms with Gasteiger partial charge in [0.25, 0.3) is 0 Å². The monoisotopic (exact) mass is 513 g/mol. The Kier molecular flexibility index (Phi) is 23.5. The Morgan fingerprint density at radius 2 is 1.41 bits per heavy atom. The van der Waals surface area contributed by atoms with Crippen LogP contribution in [0, 0.1) is 17.2 Å². The summed E-state index contributed by atoms with van der Waals surface area (Å²) in [5.74, 6) is 0.266. The van der Waals surface area contributed by atoms with Gasteiger partial charge in [0, 0.05) is 31.1 Å². The number of hydrogen-bond acceptors (Lipinski definition) is 4. The van der Waals surface area contributed by atoms with Gasteiger partial charge in [-0.2, -0.15) is 5.26 Å². The molecule has 1 aliphatic heterocycles. The Morgan fingerprint density at radius 1 is 0.946 bits per heavy atom. The third-order valence-corrected chi connectivity index (χ3v) is 5.64. The van der Waals surface area contributed by atoms with Crippen LogP contribution in [0.5, 0.6) is 0 Å². The lowest BCUT2D eigenvalue weighted by molar-refractivity contribution is 0.0457. The largest absolute Gasteiger partial charge is 0.444 e. The summed E-state index contributed by atoms with van der Waals surface area (Å²) < 4.78 is 5.31. The molecule has 1 aromatic rings. The third kappa shape index (κ3) is 20.2. The van der Waals surface area contributed by atoms with Gasteiger partial charge < -0.3 is 15.0 Å². The van der Waals surface area contributed by atoms with Crippen LogP contribution in [0.1, 0.15) is 93.9 Å². The lowest BCUT2D eigenvalue weighted by Gasteiger charge is -2.40. The summed E-state index contributed by atoms with van der Waals surface area (Å²) in [7, 11) is 0. The van der Waals surface area contributed by atoms with Crippen molar-refractivity contribution in [2.24, 2.45) is 5.92 Å². The fourth-order valence-electron chi connectivity index (χ4n) is 3.97. The van der Waals surface area contributed by atoms with Crippen molar-refractivity contribution in [1.29, 1.82) is 5.26 Å². The van der Waals surface area contributed by atoms with E-state index in [2.05, 4.69) is 22.9 Å². The predicted molar refractivity (Wildman–Crippen MR) is 159 cm³/mol. The van der Waals surface area contributed by atoms with E-state index >= 15 is 0 Å². The number of nitriles is 1. The fourth-order valence-corrected chi connectivity index (χ4v) is 3.97. The molecule has 3 rings (SSSR count). The van der Waals surface area contributed by atoms with Crippen molar-refractivity contribution in [3.8, 4) is 6.07 Å². The van der Waals surface area contributed by atoms with Gasteiger partial charge in [-0.15, -0.1) is 0 Å². The van der Waals surface area contributed by atoms with Gasteiger partial charge in [-0.25, -0.2) is 4.79 Å². The molecule has 2 fully saturated rings. The minimum atomic E-state index is -0.440. The van der Waals surface area contributed by atoms with E-state index in [9.17, 15) is 4.79 Å². The molecule has 1 saturated carbocycles. The van der Waals surface area contributed by atoms with E-state index in [0.717, 1.165) is 51.6 Å². The van der Waals surface area contributed by atoms with Crippen molar-refractivity contribution in [2.75, 3.05) is 13.1 Å². The van der Waals surface area contributed by atoms with Crippen LogP contribution in [-0.4, -0.2) is 41.8 Å². The van der Waals surface area contributed by atoms with Crippen molar-refractivity contribution in [1.82, 2.24) is 10.2 Å². The summed E-state index contributed by atoms with van der Waals surface area (Å²) in [5, 5.41) is 12.0. The summed E-state index contributed by atoms with van der Waals surface area (Å²) in [4.78, 5) is 14.3. The van der Waals surface area contributed by atoms with Gasteiger partial charge in [0.2, 0.25) is 0 Å². The van der Waals surface area contributed by atoms with Crippen molar-refractivity contribution in [2.45, 2.75) is 112 Å². The van der Waals surface area contributed by atoms with Gasteiger partial charge in [-0.1, -0.05) is 88.9 Å². The highest BCUT2D eigenvalue weighted by Crippen LogP contribution is 2.28. The SMILES string of the molecule is C=C/C=C\C.CC.CC.CC(C)(C)OC(=O)NC1CCN(C2CCC(C#N)CC2)CC1.c1ccccc1. The van der Waals surface area contributed by atoms with Crippen LogP contribution >= 0.6 is 0 Å². The number of piperidine rings is 1. The van der Waals surface area contributed by atoms with Crippen molar-refractivity contribution in [3.05, 3.63) is 61.2 Å². The lowest BCUT2D eigenvalue weighted by atomic mass is 9.85. The number of likely N-dealkylation sites (tertiary alicyclic amines) is 1. The van der Waals surface area contributed by atoms with E-state index in [4.69, 9.17) is 10.00 Å². The van der Waals surface area contributed by atoms with Gasteiger partial charge in [0.1, 0.15) is 5.60 Å². The fraction of sp³-hybridized carbons (Fsp3) is 0.625. The van der Waals surface area contributed by atoms with Gasteiger partial charge in [0.15, 0.2) is 0 Å². The standard InChI is InChI=1S/C17H29N3O2.C6H6.C5H8.2C2H6/c1-17(2,3)22-16(21)19-14-8-10-20(11-9-14)15-6-4-13(12-18)5-7-15;1-2-4-6-5-3-1;1-3-5-4-2;2*1-2/h13-15H,4-11H2,1-3H3,(H,19,21);1-6H;3-5H,1H2,2H3;2*1-2H3/b;;5-4-;;. The van der Waals surface area contributed by atoms with Crippen LogP contribution < -0.4 is 5.32 Å². The number of alkyl carbamates (subject to hydrolysis) is 1. The molecule has 5 nitrogen and oxygen atoms in total. The van der Waals surface area contributed by atoms with Crippen LogP contribution in [0.25, 0.3) is 0 Å². The Labute approximate surface area is 229 Å². The third-order valence-electron chi connectivity index (χ3n) is 5.64. The number of allylic oxidation sites excluding steroid dienone is 3. The molecular weight excluding hydrogens is 458 g/mol. The zero-order valence-corrected chi connectivity index (χ0v) is 25.0. The number of nitrogens with zero attached hydrogens (tertiary/aromatic N) is 2. The molecule has 210 valence electrons. The number of rotatable bonds is 3. The Balaban J connectivity index is 0. The molecule has 0 bridgehead atoms. The second-order valence-corrected chi connectivity index (χ2v) is 9.51. The molecule has 1 aliphatic carbocycles. The van der Waals surface area contributed by atoms with E-state index in [1.165, 1.54) is 0 Å². The number of hydrogen-bond donors (Lipinski definition) is 1. The van der Waals surface area contributed by atoms with Crippen molar-refractivity contribution >= 4 is 6.09 Å². The Morgan fingerprint density at radius 3 is 1.73 bits per heavy atom. The summed E-state index contributed by atoms with van der Waals surface area (Å²) in [6.45, 7) is 21.1. The van der Waals surface area contributed by atoms with Crippen LogP contribution in [0.4, 0.5) is 4.79 Å². The van der Waals surface area contributed by atoms with Gasteiger partial charge in [0.05, 0.1) is 6.07 Å². The molecule has 1 N–H and O–H groups in total. The lowest BCUT2D eigenvalue weighted by Crippen LogP contribution is -2.49. The van der Waals surface area contributed by atoms with Gasteiger partial charge >= 0.3 is 6.09 Å². The average molecular weight is 514 g/mol. The zero-order valence-electron chi connectivity index (χ0n) is 25.0. The summed E-state index contributed by atoms with van der Waals surface area (Å²) in [5.41, 5.74) is -0.440. The Hall–Kier alpha value is -2.58. The minimum absolute atomic E-state index is 0.224. The van der Waals surface area contributed by atoms with Crippen LogP contribution in [-0.2, 0) is 4.74 Å². The molecule has 0 unspecified atom stereocenters. The predicted octanol–water partition coefficient (Wildman–Crippen LogP) is 8.55. The number of carbonyl (C=O) groups is 1. The number of carbonyl (C=O) groups excluding carboxylic acids is 1. The van der Waals surface area contributed by atoms with Gasteiger partial charge in [-0.05, 0) is 66.2 Å². The van der Waals surface area contributed by atoms with E-state index in [1.54, 1.807) is 6.08 Å². The zero-order chi connectivity index (χ0) is 28.5. The maximum atomic E-state index is 11.8. The maximum Gasteiger partial charge on any atom is 0.407 e. The second-order valence-electron chi connectivity index (χ2n) is 9.51. The maximum absolute atomic E-state index is 11.8. The topological polar surface area (TPSA) is 65.4 Å². The summed E-state index contributed by atoms with van der Waals surface area (Å²) in [6, 6.07) is 15.2. The molecule has 5 heteroatoms. The highest BCUT2D eigenvalue weighted by atomic mass is 16.6. The molecule has 0 radical (unpaired) electrons. The quantitative estimate of drug-likeness (QED) is 0.411. The molecule has 37 heavy (non-hydrogen) atoms. The smallest absolute Gasteiger partial charge is 0.407 e. The molecule has 1 amide bonds. The number of amides is 1. The summed E-state index contributed by atoms with van der Waals surface area (Å²) in [6.07, 6.45) is 11.6. The molecule has 0 spiro atoms. The molecule has 0 aromatic heterocycles.